The van der Waals surface area contributed by atoms with E-state index in [0.717, 1.165) is 0 Å². The average Bonchev–Trinajstić information content (AvgIpc) is 2.56. The summed E-state index contributed by atoms with van der Waals surface area (Å²) >= 11 is 1.86. The number of sulfone groups is 1. The van der Waals surface area contributed by atoms with E-state index in [2.05, 4.69) is 9.85 Å². The number of halogens is 1. The van der Waals surface area contributed by atoms with Gasteiger partial charge in [-0.2, -0.15) is 0 Å². The fraction of sp³-hybridized carbons (Fsp3) is 0.118. The van der Waals surface area contributed by atoms with E-state index in [1.54, 1.807) is 42.5 Å². The van der Waals surface area contributed by atoms with Crippen molar-refractivity contribution in [3.63, 3.8) is 0 Å². The van der Waals surface area contributed by atoms with Gasteiger partial charge >= 0.3 is 5.97 Å². The molecule has 0 spiro atoms. The predicted molar refractivity (Wildman–Crippen MR) is 94.8 cm³/mol. The maximum absolute atomic E-state index is 12.4. The first-order valence-corrected chi connectivity index (χ1v) is 9.23. The minimum absolute atomic E-state index is 0.0578. The molecule has 0 aliphatic carbocycles. The van der Waals surface area contributed by atoms with Gasteiger partial charge in [0.15, 0.2) is 6.61 Å². The SMILES string of the molecule is O=C(Cc1ccc(S(=O)(=O)c2ccccc2)cc1)OCC#CI. The third-order valence-electron chi connectivity index (χ3n) is 3.01. The van der Waals surface area contributed by atoms with Crippen molar-refractivity contribution in [1.82, 2.24) is 0 Å². The molecule has 0 amide bonds. The fourth-order valence-electron chi connectivity index (χ4n) is 1.88. The summed E-state index contributed by atoms with van der Waals surface area (Å²) in [4.78, 5) is 12.0. The van der Waals surface area contributed by atoms with Crippen LogP contribution in [0.4, 0.5) is 0 Å². The van der Waals surface area contributed by atoms with Crippen LogP contribution >= 0.6 is 22.6 Å². The molecule has 2 rings (SSSR count). The van der Waals surface area contributed by atoms with Gasteiger partial charge in [0.25, 0.3) is 0 Å². The summed E-state index contributed by atoms with van der Waals surface area (Å²) in [5.41, 5.74) is 0.685. The lowest BCUT2D eigenvalue weighted by Crippen LogP contribution is -2.08. The van der Waals surface area contributed by atoms with E-state index in [9.17, 15) is 13.2 Å². The Morgan fingerprint density at radius 3 is 2.22 bits per heavy atom. The topological polar surface area (TPSA) is 60.4 Å². The van der Waals surface area contributed by atoms with Gasteiger partial charge in [-0.05, 0) is 33.8 Å². The van der Waals surface area contributed by atoms with E-state index < -0.39 is 15.8 Å². The maximum atomic E-state index is 12.4. The smallest absolute Gasteiger partial charge is 0.311 e. The second kappa shape index (κ2) is 8.13. The molecule has 0 aromatic heterocycles. The third-order valence-corrected chi connectivity index (χ3v) is 5.17. The van der Waals surface area contributed by atoms with Crippen molar-refractivity contribution < 1.29 is 17.9 Å². The summed E-state index contributed by atoms with van der Waals surface area (Å²) in [5.74, 6) is 2.23. The number of hydrogen-bond donors (Lipinski definition) is 0. The molecule has 0 fully saturated rings. The van der Waals surface area contributed by atoms with Gasteiger partial charge in [0.1, 0.15) is 0 Å². The Bertz CT molecular complexity index is 832. The largest absolute Gasteiger partial charge is 0.452 e. The summed E-state index contributed by atoms with van der Waals surface area (Å²) in [6.07, 6.45) is 0.0780. The molecule has 2 aromatic carbocycles. The van der Waals surface area contributed by atoms with Crippen LogP contribution in [-0.2, 0) is 25.8 Å². The molecule has 0 heterocycles. The summed E-state index contributed by atoms with van der Waals surface area (Å²) in [6.45, 7) is 0.0578. The Kier molecular flexibility index (Phi) is 6.19. The van der Waals surface area contributed by atoms with Crippen molar-refractivity contribution in [3.8, 4) is 9.85 Å². The lowest BCUT2D eigenvalue weighted by Gasteiger charge is -2.06. The van der Waals surface area contributed by atoms with E-state index >= 15 is 0 Å². The summed E-state index contributed by atoms with van der Waals surface area (Å²) in [6, 6.07) is 14.4. The van der Waals surface area contributed by atoms with Crippen LogP contribution in [0.25, 0.3) is 0 Å². The van der Waals surface area contributed by atoms with Crippen molar-refractivity contribution in [2.75, 3.05) is 6.61 Å². The fourth-order valence-corrected chi connectivity index (χ4v) is 3.32. The lowest BCUT2D eigenvalue weighted by molar-refractivity contribution is -0.141. The van der Waals surface area contributed by atoms with E-state index in [1.165, 1.54) is 12.1 Å². The Morgan fingerprint density at radius 1 is 1.00 bits per heavy atom. The first-order valence-electron chi connectivity index (χ1n) is 6.67. The zero-order valence-corrected chi connectivity index (χ0v) is 15.0. The van der Waals surface area contributed by atoms with Crippen LogP contribution in [-0.4, -0.2) is 21.0 Å². The number of carbonyl (C=O) groups excluding carboxylic acids is 1. The monoisotopic (exact) mass is 440 g/mol. The van der Waals surface area contributed by atoms with Crippen molar-refractivity contribution in [2.45, 2.75) is 16.2 Å². The highest BCUT2D eigenvalue weighted by molar-refractivity contribution is 14.1. The first kappa shape index (κ1) is 17.5. The molecule has 0 radical (unpaired) electrons. The molecular weight excluding hydrogens is 427 g/mol. The molecule has 0 bridgehead atoms. The van der Waals surface area contributed by atoms with Crippen molar-refractivity contribution in [3.05, 3.63) is 60.2 Å². The van der Waals surface area contributed by atoms with Crippen LogP contribution in [0.15, 0.2) is 64.4 Å². The van der Waals surface area contributed by atoms with Gasteiger partial charge in [0.2, 0.25) is 9.84 Å². The highest BCUT2D eigenvalue weighted by Gasteiger charge is 2.17. The normalized spacial score (nSPS) is 10.5. The molecule has 0 aliphatic heterocycles. The van der Waals surface area contributed by atoms with E-state index in [4.69, 9.17) is 4.74 Å². The molecule has 6 heteroatoms. The zero-order valence-electron chi connectivity index (χ0n) is 12.0. The van der Waals surface area contributed by atoms with Crippen molar-refractivity contribution >= 4 is 38.4 Å². The highest BCUT2D eigenvalue weighted by Crippen LogP contribution is 2.20. The highest BCUT2D eigenvalue weighted by atomic mass is 127. The molecule has 0 saturated heterocycles. The van der Waals surface area contributed by atoms with Crippen LogP contribution in [0.2, 0.25) is 0 Å². The van der Waals surface area contributed by atoms with Crippen molar-refractivity contribution in [1.29, 1.82) is 0 Å². The molecule has 0 unspecified atom stereocenters. The third kappa shape index (κ3) is 4.81. The Morgan fingerprint density at radius 2 is 1.61 bits per heavy atom. The molecule has 0 aliphatic rings. The molecule has 0 atom stereocenters. The second-order valence-electron chi connectivity index (χ2n) is 4.57. The van der Waals surface area contributed by atoms with Crippen LogP contribution in [0.3, 0.4) is 0 Å². The van der Waals surface area contributed by atoms with Gasteiger partial charge in [-0.3, -0.25) is 4.79 Å². The number of carbonyl (C=O) groups is 1. The number of ether oxygens (including phenoxy) is 1. The lowest BCUT2D eigenvalue weighted by atomic mass is 10.1. The van der Waals surface area contributed by atoms with Gasteiger partial charge < -0.3 is 4.74 Å². The Labute approximate surface area is 148 Å². The number of hydrogen-bond acceptors (Lipinski definition) is 4. The average molecular weight is 440 g/mol. The number of esters is 1. The number of rotatable bonds is 5. The number of benzene rings is 2. The van der Waals surface area contributed by atoms with Crippen molar-refractivity contribution in [2.24, 2.45) is 0 Å². The van der Waals surface area contributed by atoms with E-state index in [-0.39, 0.29) is 22.8 Å². The van der Waals surface area contributed by atoms with Gasteiger partial charge in [-0.15, -0.1) is 0 Å². The predicted octanol–water partition coefficient (Wildman–Crippen LogP) is 3.00. The van der Waals surface area contributed by atoms with Gasteiger partial charge in [-0.25, -0.2) is 8.42 Å². The molecule has 2 aromatic rings. The van der Waals surface area contributed by atoms with E-state index in [0.29, 0.717) is 5.56 Å². The molecule has 118 valence electrons. The van der Waals surface area contributed by atoms with Crippen LogP contribution in [0.5, 0.6) is 0 Å². The van der Waals surface area contributed by atoms with Gasteiger partial charge in [0.05, 0.1) is 16.2 Å². The zero-order chi connectivity index (χ0) is 16.7. The van der Waals surface area contributed by atoms with Crippen LogP contribution < -0.4 is 0 Å². The van der Waals surface area contributed by atoms with Gasteiger partial charge in [-0.1, -0.05) is 36.3 Å². The quantitative estimate of drug-likeness (QED) is 0.408. The Balaban J connectivity index is 2.10. The maximum Gasteiger partial charge on any atom is 0.311 e. The molecule has 0 N–H and O–H groups in total. The first-order chi connectivity index (χ1) is 11.0. The summed E-state index contributed by atoms with van der Waals surface area (Å²) in [5, 5.41) is 0. The van der Waals surface area contributed by atoms with Gasteiger partial charge in [0, 0.05) is 22.6 Å². The summed E-state index contributed by atoms with van der Waals surface area (Å²) < 4.78 is 32.4. The van der Waals surface area contributed by atoms with E-state index in [1.807, 2.05) is 22.6 Å². The molecule has 4 nitrogen and oxygen atoms in total. The standard InChI is InChI=1S/C17H13IO4S/c18-11-4-12-22-17(19)13-14-7-9-16(10-8-14)23(20,21)15-5-2-1-3-6-15/h1-3,5-10H,12-13H2. The molecular formula is C17H13IO4S. The minimum Gasteiger partial charge on any atom is -0.452 e. The molecule has 0 saturated carbocycles. The molecule has 23 heavy (non-hydrogen) atoms. The second-order valence-corrected chi connectivity index (χ2v) is 7.06. The van der Waals surface area contributed by atoms with Crippen LogP contribution in [0, 0.1) is 9.85 Å². The summed E-state index contributed by atoms with van der Waals surface area (Å²) in [7, 11) is -3.54. The minimum atomic E-state index is -3.54. The van der Waals surface area contributed by atoms with Crippen LogP contribution in [0.1, 0.15) is 5.56 Å². The Hall–Kier alpha value is -1.85.